The molecule has 2 aromatic carbocycles. The molecule has 1 aliphatic rings. The third-order valence-corrected chi connectivity index (χ3v) is 3.89. The van der Waals surface area contributed by atoms with Gasteiger partial charge in [0.1, 0.15) is 23.2 Å². The maximum absolute atomic E-state index is 12.5. The summed E-state index contributed by atoms with van der Waals surface area (Å²) in [5.74, 6) is 0.638. The highest BCUT2D eigenvalue weighted by Crippen LogP contribution is 2.38. The molecular weight excluding hydrogens is 324 g/mol. The molecule has 0 unspecified atom stereocenters. The molecule has 0 aromatic heterocycles. The largest absolute Gasteiger partial charge is 0.492 e. The van der Waals surface area contributed by atoms with Crippen molar-refractivity contribution in [2.45, 2.75) is 26.4 Å². The van der Waals surface area contributed by atoms with Gasteiger partial charge in [0.2, 0.25) is 0 Å². The van der Waals surface area contributed by atoms with Crippen molar-refractivity contribution in [3.63, 3.8) is 0 Å². The molecule has 25 heavy (non-hydrogen) atoms. The minimum atomic E-state index is -0.578. The van der Waals surface area contributed by atoms with E-state index in [1.54, 1.807) is 12.1 Å². The lowest BCUT2D eigenvalue weighted by Gasteiger charge is -2.13. The first-order chi connectivity index (χ1) is 12.0. The molecule has 1 amide bonds. The zero-order chi connectivity index (χ0) is 18.0. The van der Waals surface area contributed by atoms with Crippen molar-refractivity contribution < 1.29 is 19.2 Å². The fourth-order valence-corrected chi connectivity index (χ4v) is 2.83. The molecule has 7 heteroatoms. The second-order valence-electron chi connectivity index (χ2n) is 5.75. The Morgan fingerprint density at radius 3 is 2.88 bits per heavy atom. The van der Waals surface area contributed by atoms with Gasteiger partial charge in [-0.25, -0.2) is 0 Å². The summed E-state index contributed by atoms with van der Waals surface area (Å²) in [6, 6.07) is 9.36. The van der Waals surface area contributed by atoms with E-state index in [1.165, 1.54) is 18.2 Å². The molecule has 3 rings (SSSR count). The van der Waals surface area contributed by atoms with Crippen LogP contribution in [0.3, 0.4) is 0 Å². The number of carbonyl (C=O) groups excluding carboxylic acids is 1. The summed E-state index contributed by atoms with van der Waals surface area (Å²) in [6.45, 7) is 4.25. The molecule has 7 nitrogen and oxygen atoms in total. The van der Waals surface area contributed by atoms with Crippen molar-refractivity contribution in [3.8, 4) is 11.5 Å². The first-order valence-electron chi connectivity index (χ1n) is 8.00. The molecule has 0 aliphatic carbocycles. The van der Waals surface area contributed by atoms with Crippen LogP contribution in [0.4, 0.5) is 11.4 Å². The van der Waals surface area contributed by atoms with E-state index in [0.717, 1.165) is 12.0 Å². The molecule has 1 heterocycles. The number of nitrogens with zero attached hydrogens (tertiary/aromatic N) is 1. The number of carbonyl (C=O) groups is 1. The Kier molecular flexibility index (Phi) is 4.56. The first-order valence-corrected chi connectivity index (χ1v) is 8.00. The quantitative estimate of drug-likeness (QED) is 0.662. The number of nitro benzene ring substituents is 1. The van der Waals surface area contributed by atoms with Crippen LogP contribution in [0.15, 0.2) is 36.4 Å². The van der Waals surface area contributed by atoms with E-state index in [1.807, 2.05) is 19.9 Å². The highest BCUT2D eigenvalue weighted by atomic mass is 16.6. The lowest BCUT2D eigenvalue weighted by atomic mass is 10.1. The van der Waals surface area contributed by atoms with Crippen LogP contribution in [0.1, 0.15) is 29.8 Å². The Hall–Kier alpha value is -3.09. The predicted octanol–water partition coefficient (Wildman–Crippen LogP) is 3.57. The van der Waals surface area contributed by atoms with Gasteiger partial charge in [-0.2, -0.15) is 0 Å². The molecule has 0 saturated carbocycles. The van der Waals surface area contributed by atoms with Gasteiger partial charge in [-0.3, -0.25) is 14.9 Å². The van der Waals surface area contributed by atoms with Gasteiger partial charge in [-0.1, -0.05) is 12.1 Å². The van der Waals surface area contributed by atoms with Gasteiger partial charge in [-0.05, 0) is 26.0 Å². The second-order valence-corrected chi connectivity index (χ2v) is 5.75. The highest BCUT2D eigenvalue weighted by molar-refractivity contribution is 6.07. The van der Waals surface area contributed by atoms with Gasteiger partial charge in [0.25, 0.3) is 11.6 Å². The average molecular weight is 342 g/mol. The summed E-state index contributed by atoms with van der Waals surface area (Å²) in [6.07, 6.45) is 0.832. The number of hydrogen-bond donors (Lipinski definition) is 1. The molecule has 0 radical (unpaired) electrons. The van der Waals surface area contributed by atoms with Gasteiger partial charge in [0, 0.05) is 24.1 Å². The van der Waals surface area contributed by atoms with E-state index in [-0.39, 0.29) is 17.4 Å². The molecular formula is C18H18N2O5. The number of rotatable bonds is 5. The molecule has 1 atom stereocenters. The normalized spacial score (nSPS) is 15.2. The van der Waals surface area contributed by atoms with Crippen molar-refractivity contribution >= 4 is 17.3 Å². The lowest BCUT2D eigenvalue weighted by Crippen LogP contribution is -2.15. The first kappa shape index (κ1) is 16.8. The Balaban J connectivity index is 1.94. The fourth-order valence-electron chi connectivity index (χ4n) is 2.83. The molecule has 0 saturated heterocycles. The summed E-state index contributed by atoms with van der Waals surface area (Å²) in [7, 11) is 0. The van der Waals surface area contributed by atoms with Gasteiger partial charge in [0.15, 0.2) is 0 Å². The summed E-state index contributed by atoms with van der Waals surface area (Å²) in [5, 5.41) is 13.8. The van der Waals surface area contributed by atoms with Crippen molar-refractivity contribution in [2.75, 3.05) is 11.9 Å². The Labute approximate surface area is 144 Å². The van der Waals surface area contributed by atoms with E-state index in [4.69, 9.17) is 9.47 Å². The van der Waals surface area contributed by atoms with E-state index in [0.29, 0.717) is 23.8 Å². The van der Waals surface area contributed by atoms with Crippen LogP contribution in [-0.4, -0.2) is 23.5 Å². The number of fused-ring (bicyclic) bond motifs is 1. The van der Waals surface area contributed by atoms with Crippen LogP contribution in [0, 0.1) is 10.1 Å². The SMILES string of the molecule is CCOc1cc2c(cc1NC(=O)c1ccccc1[N+](=O)[O-])O[C@@H](C)C2. The molecule has 0 spiro atoms. The molecule has 130 valence electrons. The Bertz CT molecular complexity index is 834. The Morgan fingerprint density at radius 2 is 2.16 bits per heavy atom. The summed E-state index contributed by atoms with van der Waals surface area (Å²) >= 11 is 0. The minimum Gasteiger partial charge on any atom is -0.492 e. The smallest absolute Gasteiger partial charge is 0.282 e. The van der Waals surface area contributed by atoms with Crippen LogP contribution < -0.4 is 14.8 Å². The van der Waals surface area contributed by atoms with Crippen LogP contribution in [0.25, 0.3) is 0 Å². The van der Waals surface area contributed by atoms with Crippen molar-refractivity contribution in [1.82, 2.24) is 0 Å². The van der Waals surface area contributed by atoms with Crippen LogP contribution in [-0.2, 0) is 6.42 Å². The third kappa shape index (κ3) is 3.40. The van der Waals surface area contributed by atoms with E-state index in [9.17, 15) is 14.9 Å². The highest BCUT2D eigenvalue weighted by Gasteiger charge is 2.24. The summed E-state index contributed by atoms with van der Waals surface area (Å²) in [4.78, 5) is 23.1. The Morgan fingerprint density at radius 1 is 1.40 bits per heavy atom. The predicted molar refractivity (Wildman–Crippen MR) is 92.5 cm³/mol. The zero-order valence-electron chi connectivity index (χ0n) is 13.9. The van der Waals surface area contributed by atoms with Crippen molar-refractivity contribution in [3.05, 3.63) is 57.6 Å². The maximum atomic E-state index is 12.5. The number of ether oxygens (including phenoxy) is 2. The maximum Gasteiger partial charge on any atom is 0.282 e. The fraction of sp³-hybridized carbons (Fsp3) is 0.278. The number of para-hydroxylation sites is 1. The lowest BCUT2D eigenvalue weighted by molar-refractivity contribution is -0.385. The van der Waals surface area contributed by atoms with Gasteiger partial charge < -0.3 is 14.8 Å². The molecule has 1 aliphatic heterocycles. The monoisotopic (exact) mass is 342 g/mol. The molecule has 0 fully saturated rings. The number of nitro groups is 1. The summed E-state index contributed by atoms with van der Waals surface area (Å²) < 4.78 is 11.3. The molecule has 0 bridgehead atoms. The van der Waals surface area contributed by atoms with Crippen molar-refractivity contribution in [2.24, 2.45) is 0 Å². The zero-order valence-corrected chi connectivity index (χ0v) is 13.9. The van der Waals surface area contributed by atoms with E-state index >= 15 is 0 Å². The van der Waals surface area contributed by atoms with Crippen molar-refractivity contribution in [1.29, 1.82) is 0 Å². The second kappa shape index (κ2) is 6.80. The van der Waals surface area contributed by atoms with E-state index in [2.05, 4.69) is 5.32 Å². The van der Waals surface area contributed by atoms with E-state index < -0.39 is 10.8 Å². The number of benzene rings is 2. The molecule has 1 N–H and O–H groups in total. The van der Waals surface area contributed by atoms with Crippen LogP contribution in [0.2, 0.25) is 0 Å². The van der Waals surface area contributed by atoms with Gasteiger partial charge in [0.05, 0.1) is 17.2 Å². The standard InChI is InChI=1S/C18H18N2O5/c1-3-24-17-9-12-8-11(2)25-16(12)10-14(17)19-18(21)13-6-4-5-7-15(13)20(22)23/h4-7,9-11H,3,8H2,1-2H3,(H,19,21)/t11-/m0/s1. The van der Waals surface area contributed by atoms with Gasteiger partial charge >= 0.3 is 0 Å². The number of anilines is 1. The average Bonchev–Trinajstić information content (AvgIpc) is 2.94. The third-order valence-electron chi connectivity index (χ3n) is 3.89. The molecule has 2 aromatic rings. The van der Waals surface area contributed by atoms with Crippen LogP contribution in [0.5, 0.6) is 11.5 Å². The van der Waals surface area contributed by atoms with Gasteiger partial charge in [-0.15, -0.1) is 0 Å². The number of hydrogen-bond acceptors (Lipinski definition) is 5. The topological polar surface area (TPSA) is 90.7 Å². The minimum absolute atomic E-state index is 0.00951. The number of amides is 1. The van der Waals surface area contributed by atoms with Crippen LogP contribution >= 0.6 is 0 Å². The number of nitrogens with one attached hydrogen (secondary N) is 1. The summed E-state index contributed by atoms with van der Waals surface area (Å²) in [5.41, 5.74) is 1.19.